The first kappa shape index (κ1) is 23.4. The van der Waals surface area contributed by atoms with E-state index in [0.717, 1.165) is 5.56 Å². The molecule has 8 nitrogen and oxygen atoms in total. The van der Waals surface area contributed by atoms with Crippen molar-refractivity contribution in [2.45, 2.75) is 13.8 Å². The maximum absolute atomic E-state index is 13.3. The number of para-hydroxylation sites is 1. The van der Waals surface area contributed by atoms with Crippen LogP contribution in [-0.4, -0.2) is 26.2 Å². The average molecular weight is 468 g/mol. The van der Waals surface area contributed by atoms with Gasteiger partial charge in [0.2, 0.25) is 0 Å². The van der Waals surface area contributed by atoms with E-state index < -0.39 is 11.8 Å². The fourth-order valence-electron chi connectivity index (χ4n) is 3.58. The molecule has 2 aromatic carbocycles. The third-order valence-electron chi connectivity index (χ3n) is 5.59. The number of amides is 2. The number of carbonyl (C=O) groups excluding carboxylic acids is 2. The zero-order valence-corrected chi connectivity index (χ0v) is 19.6. The summed E-state index contributed by atoms with van der Waals surface area (Å²) < 4.78 is 3.14. The monoisotopic (exact) mass is 467 g/mol. The van der Waals surface area contributed by atoms with Crippen molar-refractivity contribution >= 4 is 23.6 Å². The normalized spacial score (nSPS) is 11.2. The van der Waals surface area contributed by atoms with Crippen LogP contribution in [0.1, 0.15) is 27.2 Å². The largest absolute Gasteiger partial charge is 0.317 e. The standard InChI is InChI=1S/C27H25N5O3/c1-18-11-13-21(14-12-18)25(33)29-23(16-20-8-7-15-28-17-20)26(34)30-24-19(2)31(3)32(27(24)35)22-9-5-4-6-10-22/h4-17H,1-3H3,(H,29,33)(H,30,34)/b23-16+. The lowest BCUT2D eigenvalue weighted by Gasteiger charge is -2.11. The average Bonchev–Trinajstić information content (AvgIpc) is 3.08. The molecular formula is C27H25N5O3. The van der Waals surface area contributed by atoms with Gasteiger partial charge >= 0.3 is 0 Å². The summed E-state index contributed by atoms with van der Waals surface area (Å²) in [5, 5.41) is 5.38. The van der Waals surface area contributed by atoms with Gasteiger partial charge in [-0.2, -0.15) is 0 Å². The molecule has 0 saturated heterocycles. The number of anilines is 1. The minimum Gasteiger partial charge on any atom is -0.317 e. The van der Waals surface area contributed by atoms with Gasteiger partial charge in [-0.25, -0.2) is 4.68 Å². The number of rotatable bonds is 6. The summed E-state index contributed by atoms with van der Waals surface area (Å²) in [7, 11) is 1.74. The predicted molar refractivity (Wildman–Crippen MR) is 135 cm³/mol. The van der Waals surface area contributed by atoms with E-state index in [9.17, 15) is 14.4 Å². The Morgan fingerprint density at radius 2 is 1.66 bits per heavy atom. The molecular weight excluding hydrogens is 442 g/mol. The molecule has 176 valence electrons. The lowest BCUT2D eigenvalue weighted by molar-refractivity contribution is -0.113. The van der Waals surface area contributed by atoms with Crippen molar-refractivity contribution in [3.05, 3.63) is 118 Å². The summed E-state index contributed by atoms with van der Waals surface area (Å²) in [6, 6.07) is 19.6. The van der Waals surface area contributed by atoms with Crippen molar-refractivity contribution in [3.63, 3.8) is 0 Å². The Morgan fingerprint density at radius 1 is 0.943 bits per heavy atom. The summed E-state index contributed by atoms with van der Waals surface area (Å²) in [5.74, 6) is -1.07. The van der Waals surface area contributed by atoms with Gasteiger partial charge in [0.25, 0.3) is 17.4 Å². The van der Waals surface area contributed by atoms with E-state index in [2.05, 4.69) is 15.6 Å². The molecule has 0 bridgehead atoms. The fourth-order valence-corrected chi connectivity index (χ4v) is 3.58. The first-order valence-corrected chi connectivity index (χ1v) is 11.0. The van der Waals surface area contributed by atoms with Crippen LogP contribution in [0, 0.1) is 13.8 Å². The number of nitrogens with one attached hydrogen (secondary N) is 2. The van der Waals surface area contributed by atoms with Crippen molar-refractivity contribution in [2.75, 3.05) is 5.32 Å². The third-order valence-corrected chi connectivity index (χ3v) is 5.59. The zero-order valence-electron chi connectivity index (χ0n) is 19.6. The van der Waals surface area contributed by atoms with Crippen LogP contribution in [0.25, 0.3) is 11.8 Å². The minimum absolute atomic E-state index is 0.0162. The first-order chi connectivity index (χ1) is 16.8. The Hall–Kier alpha value is -4.72. The Morgan fingerprint density at radius 3 is 2.31 bits per heavy atom. The number of aromatic nitrogens is 3. The van der Waals surface area contributed by atoms with Gasteiger partial charge < -0.3 is 10.6 Å². The van der Waals surface area contributed by atoms with E-state index in [4.69, 9.17) is 0 Å². The van der Waals surface area contributed by atoms with Crippen molar-refractivity contribution in [1.82, 2.24) is 19.7 Å². The molecule has 2 N–H and O–H groups in total. The molecule has 0 aliphatic heterocycles. The highest BCUT2D eigenvalue weighted by Crippen LogP contribution is 2.15. The summed E-state index contributed by atoms with van der Waals surface area (Å²) in [6.45, 7) is 3.67. The van der Waals surface area contributed by atoms with Crippen molar-refractivity contribution in [3.8, 4) is 5.69 Å². The lowest BCUT2D eigenvalue weighted by Crippen LogP contribution is -2.32. The molecule has 4 rings (SSSR count). The number of carbonyl (C=O) groups is 2. The van der Waals surface area contributed by atoms with Crippen LogP contribution < -0.4 is 16.2 Å². The lowest BCUT2D eigenvalue weighted by atomic mass is 10.1. The van der Waals surface area contributed by atoms with E-state index in [1.807, 2.05) is 49.4 Å². The maximum Gasteiger partial charge on any atom is 0.295 e. The van der Waals surface area contributed by atoms with Gasteiger partial charge in [0.15, 0.2) is 0 Å². The second kappa shape index (κ2) is 10.0. The van der Waals surface area contributed by atoms with Gasteiger partial charge in [-0.15, -0.1) is 0 Å². The van der Waals surface area contributed by atoms with Crippen LogP contribution in [0.5, 0.6) is 0 Å². The molecule has 0 spiro atoms. The second-order valence-corrected chi connectivity index (χ2v) is 8.06. The molecule has 2 aromatic heterocycles. The third kappa shape index (κ3) is 5.11. The topological polar surface area (TPSA) is 98.0 Å². The van der Waals surface area contributed by atoms with Gasteiger partial charge in [-0.1, -0.05) is 42.0 Å². The second-order valence-electron chi connectivity index (χ2n) is 8.06. The molecule has 2 heterocycles. The molecule has 0 aliphatic carbocycles. The van der Waals surface area contributed by atoms with Gasteiger partial charge in [0.1, 0.15) is 11.4 Å². The Kier molecular flexibility index (Phi) is 6.73. The van der Waals surface area contributed by atoms with E-state index in [0.29, 0.717) is 22.5 Å². The molecule has 0 fully saturated rings. The number of hydrogen-bond acceptors (Lipinski definition) is 4. The van der Waals surface area contributed by atoms with Crippen LogP contribution >= 0.6 is 0 Å². The van der Waals surface area contributed by atoms with Crippen molar-refractivity contribution in [1.29, 1.82) is 0 Å². The smallest absolute Gasteiger partial charge is 0.295 e. The number of hydrogen-bond donors (Lipinski definition) is 2. The van der Waals surface area contributed by atoms with E-state index in [1.165, 1.54) is 10.8 Å². The van der Waals surface area contributed by atoms with E-state index in [-0.39, 0.29) is 16.9 Å². The molecule has 0 radical (unpaired) electrons. The SMILES string of the molecule is Cc1ccc(C(=O)N/C(=C/c2cccnc2)C(=O)Nc2c(C)n(C)n(-c3ccccc3)c2=O)cc1. The van der Waals surface area contributed by atoms with Crippen LogP contribution in [-0.2, 0) is 11.8 Å². The van der Waals surface area contributed by atoms with Crippen LogP contribution in [0.4, 0.5) is 5.69 Å². The molecule has 2 amide bonds. The summed E-state index contributed by atoms with van der Waals surface area (Å²) in [4.78, 5) is 43.5. The number of pyridine rings is 1. The van der Waals surface area contributed by atoms with E-state index >= 15 is 0 Å². The molecule has 4 aromatic rings. The number of nitrogens with zero attached hydrogens (tertiary/aromatic N) is 3. The summed E-state index contributed by atoms with van der Waals surface area (Å²) in [5.41, 5.74) is 3.01. The maximum atomic E-state index is 13.3. The minimum atomic E-state index is -0.625. The van der Waals surface area contributed by atoms with Gasteiger partial charge in [0, 0.05) is 25.0 Å². The van der Waals surface area contributed by atoms with Crippen LogP contribution in [0.2, 0.25) is 0 Å². The molecule has 35 heavy (non-hydrogen) atoms. The first-order valence-electron chi connectivity index (χ1n) is 11.0. The van der Waals surface area contributed by atoms with Crippen molar-refractivity contribution in [2.24, 2.45) is 7.05 Å². The highest BCUT2D eigenvalue weighted by Gasteiger charge is 2.21. The Balaban J connectivity index is 1.68. The summed E-state index contributed by atoms with van der Waals surface area (Å²) in [6.07, 6.45) is 4.70. The summed E-state index contributed by atoms with van der Waals surface area (Å²) >= 11 is 0. The van der Waals surface area contributed by atoms with Crippen LogP contribution in [0.15, 0.2) is 89.6 Å². The quantitative estimate of drug-likeness (QED) is 0.424. The van der Waals surface area contributed by atoms with Gasteiger partial charge in [-0.3, -0.25) is 24.0 Å². The van der Waals surface area contributed by atoms with Crippen LogP contribution in [0.3, 0.4) is 0 Å². The van der Waals surface area contributed by atoms with Gasteiger partial charge in [-0.05, 0) is 55.8 Å². The fraction of sp³-hybridized carbons (Fsp3) is 0.111. The highest BCUT2D eigenvalue weighted by molar-refractivity contribution is 6.10. The molecule has 0 unspecified atom stereocenters. The zero-order chi connectivity index (χ0) is 24.9. The van der Waals surface area contributed by atoms with Gasteiger partial charge in [0.05, 0.1) is 11.4 Å². The number of aryl methyl sites for hydroxylation is 1. The number of benzene rings is 2. The predicted octanol–water partition coefficient (Wildman–Crippen LogP) is 3.60. The highest BCUT2D eigenvalue weighted by atomic mass is 16.2. The molecule has 0 atom stereocenters. The Labute approximate surface area is 202 Å². The Bertz CT molecular complexity index is 1450. The molecule has 0 aliphatic rings. The van der Waals surface area contributed by atoms with Crippen molar-refractivity contribution < 1.29 is 9.59 Å². The van der Waals surface area contributed by atoms with E-state index in [1.54, 1.807) is 55.3 Å². The molecule has 8 heteroatoms. The molecule has 0 saturated carbocycles.